The summed E-state index contributed by atoms with van der Waals surface area (Å²) in [6.07, 6.45) is 0. The number of hydroxylamine groups is 1. The molecule has 2 aromatic heterocycles. The molecule has 0 radical (unpaired) electrons. The van der Waals surface area contributed by atoms with Gasteiger partial charge in [-0.3, -0.25) is 19.9 Å². The van der Waals surface area contributed by atoms with Crippen molar-refractivity contribution in [3.63, 3.8) is 0 Å². The number of nitro benzene ring substituents is 1. The Morgan fingerprint density at radius 1 is 1.12 bits per heavy atom. The first-order valence-corrected chi connectivity index (χ1v) is 11.4. The number of thiophene rings is 1. The van der Waals surface area contributed by atoms with E-state index in [1.807, 2.05) is 24.3 Å². The monoisotopic (exact) mass is 463 g/mol. The summed E-state index contributed by atoms with van der Waals surface area (Å²) in [6.45, 7) is 2.50. The van der Waals surface area contributed by atoms with Gasteiger partial charge >= 0.3 is 0 Å². The van der Waals surface area contributed by atoms with Crippen molar-refractivity contribution < 1.29 is 9.76 Å². The number of aryl methyl sites for hydroxylation is 1. The Bertz CT molecular complexity index is 1340. The van der Waals surface area contributed by atoms with Crippen LogP contribution in [0.1, 0.15) is 21.4 Å². The molecule has 1 aliphatic rings. The summed E-state index contributed by atoms with van der Waals surface area (Å²) < 4.78 is 0. The van der Waals surface area contributed by atoms with Crippen molar-refractivity contribution in [2.24, 2.45) is 4.99 Å². The molecular formula is C22H17N5O3S2. The normalized spacial score (nSPS) is 15.9. The van der Waals surface area contributed by atoms with E-state index in [0.717, 1.165) is 26.2 Å². The number of benzene rings is 2. The van der Waals surface area contributed by atoms with E-state index in [4.69, 9.17) is 9.83 Å². The fourth-order valence-electron chi connectivity index (χ4n) is 3.39. The number of fused-ring (bicyclic) bond motifs is 1. The van der Waals surface area contributed by atoms with Gasteiger partial charge in [0.15, 0.2) is 5.84 Å². The van der Waals surface area contributed by atoms with E-state index < -0.39 is 4.92 Å². The molecule has 0 aliphatic carbocycles. The van der Waals surface area contributed by atoms with Gasteiger partial charge in [0.1, 0.15) is 17.7 Å². The summed E-state index contributed by atoms with van der Waals surface area (Å²) in [5.74, 6) is 0.586. The number of rotatable bonds is 5. The lowest BCUT2D eigenvalue weighted by molar-refractivity contribution is -0.384. The molecule has 0 spiro atoms. The van der Waals surface area contributed by atoms with E-state index >= 15 is 0 Å². The highest BCUT2D eigenvalue weighted by molar-refractivity contribution is 7.99. The topological polar surface area (TPSA) is 103 Å². The number of hydrogen-bond donors (Lipinski definition) is 1. The molecule has 1 aliphatic heterocycles. The van der Waals surface area contributed by atoms with Crippen LogP contribution in [0, 0.1) is 17.0 Å². The number of non-ortho nitro benzene ring substituents is 1. The maximum atomic E-state index is 11.0. The Balaban J connectivity index is 1.59. The van der Waals surface area contributed by atoms with Crippen LogP contribution in [-0.4, -0.2) is 27.6 Å². The second kappa shape index (κ2) is 8.65. The first kappa shape index (κ1) is 20.6. The highest BCUT2D eigenvalue weighted by Crippen LogP contribution is 2.35. The van der Waals surface area contributed by atoms with Crippen molar-refractivity contribution in [3.05, 3.63) is 86.1 Å². The lowest BCUT2D eigenvalue weighted by Gasteiger charge is -2.22. The molecule has 0 amide bonds. The van der Waals surface area contributed by atoms with Gasteiger partial charge in [-0.1, -0.05) is 30.0 Å². The van der Waals surface area contributed by atoms with Crippen LogP contribution in [0.4, 0.5) is 5.69 Å². The number of amidine groups is 1. The smallest absolute Gasteiger partial charge is 0.269 e. The second-order valence-electron chi connectivity index (χ2n) is 7.11. The number of hydrogen-bond acceptors (Lipinski definition) is 9. The third kappa shape index (κ3) is 4.07. The molecule has 160 valence electrons. The lowest BCUT2D eigenvalue weighted by atomic mass is 10.1. The number of aromatic nitrogens is 2. The summed E-state index contributed by atoms with van der Waals surface area (Å²) >= 11 is 3.08. The SMILES string of the molecule is Cc1ccc([C@H]2CONC(c3c(Sc4ccc([N+](=O)[O-])cc4)nnc4ccccc34)=N2)s1. The van der Waals surface area contributed by atoms with Crippen LogP contribution < -0.4 is 5.48 Å². The minimum Gasteiger partial charge on any atom is -0.272 e. The molecule has 10 heteroatoms. The molecule has 4 aromatic rings. The molecule has 1 N–H and O–H groups in total. The van der Waals surface area contributed by atoms with Gasteiger partial charge in [-0.15, -0.1) is 21.5 Å². The highest BCUT2D eigenvalue weighted by Gasteiger charge is 2.24. The number of aliphatic imine (C=N–C) groups is 1. The standard InChI is InChI=1S/C22H17N5O3S2/c1-13-6-11-19(31-13)18-12-30-26-21(23-18)20-16-4-2-3-5-17(16)24-25-22(20)32-15-9-7-14(8-10-15)27(28)29/h2-11,18H,12H2,1H3,(H,23,26)/t18-/m1/s1. The first-order valence-electron chi connectivity index (χ1n) is 9.78. The largest absolute Gasteiger partial charge is 0.272 e. The summed E-state index contributed by atoms with van der Waals surface area (Å²) in [5, 5.41) is 21.3. The molecule has 0 unspecified atom stereocenters. The van der Waals surface area contributed by atoms with E-state index in [9.17, 15) is 10.1 Å². The zero-order valence-corrected chi connectivity index (χ0v) is 18.5. The van der Waals surface area contributed by atoms with Gasteiger partial charge in [0.25, 0.3) is 5.69 Å². The molecule has 3 heterocycles. The maximum absolute atomic E-state index is 11.0. The molecule has 0 saturated carbocycles. The molecule has 0 bridgehead atoms. The zero-order valence-electron chi connectivity index (χ0n) is 16.9. The Kier molecular flexibility index (Phi) is 5.56. The van der Waals surface area contributed by atoms with E-state index in [1.54, 1.807) is 23.5 Å². The van der Waals surface area contributed by atoms with E-state index in [0.29, 0.717) is 17.5 Å². The van der Waals surface area contributed by atoms with Crippen molar-refractivity contribution in [3.8, 4) is 0 Å². The van der Waals surface area contributed by atoms with Crippen LogP contribution in [0.5, 0.6) is 0 Å². The fraction of sp³-hybridized carbons (Fsp3) is 0.136. The highest BCUT2D eigenvalue weighted by atomic mass is 32.2. The van der Waals surface area contributed by atoms with Crippen LogP contribution in [0.3, 0.4) is 0 Å². The van der Waals surface area contributed by atoms with Gasteiger partial charge in [0, 0.05) is 32.2 Å². The molecule has 0 saturated heterocycles. The molecule has 0 fully saturated rings. The predicted octanol–water partition coefficient (Wildman–Crippen LogP) is 5.08. The Labute approximate surface area is 191 Å². The Morgan fingerprint density at radius 2 is 1.94 bits per heavy atom. The molecule has 2 aromatic carbocycles. The van der Waals surface area contributed by atoms with E-state index in [-0.39, 0.29) is 11.7 Å². The summed E-state index contributed by atoms with van der Waals surface area (Å²) in [6, 6.07) is 18.1. The number of nitro groups is 1. The molecule has 1 atom stereocenters. The van der Waals surface area contributed by atoms with Crippen molar-refractivity contribution in [2.75, 3.05) is 6.61 Å². The molecule has 32 heavy (non-hydrogen) atoms. The van der Waals surface area contributed by atoms with E-state index in [1.165, 1.54) is 28.8 Å². The van der Waals surface area contributed by atoms with Gasteiger partial charge in [-0.05, 0) is 37.3 Å². The van der Waals surface area contributed by atoms with Crippen LogP contribution in [0.2, 0.25) is 0 Å². The zero-order chi connectivity index (χ0) is 22.1. The number of nitrogens with zero attached hydrogens (tertiary/aromatic N) is 4. The third-order valence-corrected chi connectivity index (χ3v) is 7.01. The van der Waals surface area contributed by atoms with Gasteiger partial charge in [-0.2, -0.15) is 0 Å². The molecule has 8 nitrogen and oxygen atoms in total. The van der Waals surface area contributed by atoms with Crippen LogP contribution in [0.15, 0.2) is 75.6 Å². The van der Waals surface area contributed by atoms with Crippen molar-refractivity contribution in [1.29, 1.82) is 0 Å². The summed E-state index contributed by atoms with van der Waals surface area (Å²) in [5.41, 5.74) is 4.54. The average molecular weight is 464 g/mol. The van der Waals surface area contributed by atoms with Gasteiger partial charge in [0.05, 0.1) is 16.0 Å². The molecular weight excluding hydrogens is 446 g/mol. The minimum atomic E-state index is -0.417. The Morgan fingerprint density at radius 3 is 2.69 bits per heavy atom. The molecule has 5 rings (SSSR count). The summed E-state index contributed by atoms with van der Waals surface area (Å²) in [4.78, 5) is 24.4. The van der Waals surface area contributed by atoms with Gasteiger partial charge in [0.2, 0.25) is 0 Å². The third-order valence-electron chi connectivity index (χ3n) is 4.92. The lowest BCUT2D eigenvalue weighted by Crippen LogP contribution is -2.33. The average Bonchev–Trinajstić information content (AvgIpc) is 3.26. The number of nitrogens with one attached hydrogen (secondary N) is 1. The predicted molar refractivity (Wildman–Crippen MR) is 124 cm³/mol. The maximum Gasteiger partial charge on any atom is 0.269 e. The van der Waals surface area contributed by atoms with Crippen LogP contribution in [0.25, 0.3) is 10.9 Å². The fourth-order valence-corrected chi connectivity index (χ4v) is 5.17. The van der Waals surface area contributed by atoms with E-state index in [2.05, 4.69) is 34.7 Å². The summed E-state index contributed by atoms with van der Waals surface area (Å²) in [7, 11) is 0. The van der Waals surface area contributed by atoms with Crippen molar-refractivity contribution in [1.82, 2.24) is 15.7 Å². The van der Waals surface area contributed by atoms with Gasteiger partial charge < -0.3 is 0 Å². The van der Waals surface area contributed by atoms with Crippen LogP contribution >= 0.6 is 23.1 Å². The quantitative estimate of drug-likeness (QED) is 0.325. The first-order chi connectivity index (χ1) is 15.6. The Hall–Kier alpha value is -3.34. The minimum absolute atomic E-state index is 0.0416. The second-order valence-corrected chi connectivity index (χ2v) is 9.49. The van der Waals surface area contributed by atoms with Crippen molar-refractivity contribution >= 4 is 45.5 Å². The van der Waals surface area contributed by atoms with Gasteiger partial charge in [-0.25, -0.2) is 5.48 Å². The van der Waals surface area contributed by atoms with Crippen molar-refractivity contribution in [2.45, 2.75) is 22.9 Å². The van der Waals surface area contributed by atoms with Crippen LogP contribution in [-0.2, 0) is 4.84 Å².